The van der Waals surface area contributed by atoms with Gasteiger partial charge in [0.1, 0.15) is 17.5 Å². The van der Waals surface area contributed by atoms with Gasteiger partial charge in [-0.1, -0.05) is 0 Å². The van der Waals surface area contributed by atoms with Crippen molar-refractivity contribution in [2.75, 3.05) is 0 Å². The largest absolute Gasteiger partial charge is 0.346 e. The van der Waals surface area contributed by atoms with Crippen LogP contribution in [-0.4, -0.2) is 29.9 Å². The monoisotopic (exact) mass is 404 g/mol. The zero-order chi connectivity index (χ0) is 19.9. The highest BCUT2D eigenvalue weighted by atomic mass is 15.0. The maximum atomic E-state index is 5.07. The molecule has 0 aromatic carbocycles. The third-order valence-corrected chi connectivity index (χ3v) is 7.25. The summed E-state index contributed by atoms with van der Waals surface area (Å²) in [5.41, 5.74) is 7.96. The highest BCUT2D eigenvalue weighted by molar-refractivity contribution is 5.24. The minimum absolute atomic E-state index is 0.274. The number of aromatic nitrogens is 6. The van der Waals surface area contributed by atoms with Gasteiger partial charge in [0.05, 0.1) is 17.1 Å². The van der Waals surface area contributed by atoms with E-state index in [1.54, 1.807) is 0 Å². The Morgan fingerprint density at radius 1 is 0.533 bits per heavy atom. The number of hydrogen-bond acceptors (Lipinski definition) is 3. The molecule has 0 bridgehead atoms. The molecule has 0 saturated carbocycles. The molecule has 0 fully saturated rings. The van der Waals surface area contributed by atoms with E-state index < -0.39 is 0 Å². The molecule has 30 heavy (non-hydrogen) atoms. The third-order valence-electron chi connectivity index (χ3n) is 7.25. The first kappa shape index (κ1) is 18.4. The first-order chi connectivity index (χ1) is 14.8. The zero-order valence-electron chi connectivity index (χ0n) is 17.8. The van der Waals surface area contributed by atoms with E-state index in [0.717, 1.165) is 68.8 Å². The fourth-order valence-electron chi connectivity index (χ4n) is 5.62. The number of nitrogens with zero attached hydrogens (tertiary/aromatic N) is 3. The second kappa shape index (κ2) is 7.71. The molecular weight excluding hydrogens is 372 g/mol. The Kier molecular flexibility index (Phi) is 4.73. The molecule has 6 nitrogen and oxygen atoms in total. The van der Waals surface area contributed by atoms with Gasteiger partial charge >= 0.3 is 0 Å². The molecule has 3 aromatic rings. The van der Waals surface area contributed by atoms with Crippen LogP contribution < -0.4 is 0 Å². The number of nitrogens with one attached hydrogen (secondary N) is 3. The summed E-state index contributed by atoms with van der Waals surface area (Å²) >= 11 is 0. The molecule has 3 aliphatic carbocycles. The summed E-state index contributed by atoms with van der Waals surface area (Å²) in [5, 5.41) is 0. The number of hydrogen-bond donors (Lipinski definition) is 3. The van der Waals surface area contributed by atoms with Crippen molar-refractivity contribution in [2.45, 2.75) is 95.8 Å². The van der Waals surface area contributed by atoms with Gasteiger partial charge in [0.15, 0.2) is 0 Å². The maximum absolute atomic E-state index is 5.07. The number of rotatable bonds is 5. The normalized spacial score (nSPS) is 18.3. The lowest BCUT2D eigenvalue weighted by atomic mass is 9.99. The summed E-state index contributed by atoms with van der Waals surface area (Å²) in [7, 11) is 0. The van der Waals surface area contributed by atoms with Crippen LogP contribution in [0, 0.1) is 0 Å². The van der Waals surface area contributed by atoms with Gasteiger partial charge in [-0.3, -0.25) is 0 Å². The topological polar surface area (TPSA) is 86.0 Å². The highest BCUT2D eigenvalue weighted by Crippen LogP contribution is 2.29. The molecule has 3 aliphatic rings. The Balaban J connectivity index is 1.30. The molecule has 0 atom stereocenters. The Morgan fingerprint density at radius 3 is 1.43 bits per heavy atom. The van der Waals surface area contributed by atoms with Gasteiger partial charge in [-0.2, -0.15) is 0 Å². The number of H-pyrrole nitrogens is 3. The van der Waals surface area contributed by atoms with Crippen molar-refractivity contribution >= 4 is 0 Å². The molecule has 3 aromatic heterocycles. The summed E-state index contributed by atoms with van der Waals surface area (Å²) < 4.78 is 0. The van der Waals surface area contributed by atoms with Crippen molar-refractivity contribution in [1.29, 1.82) is 0 Å². The van der Waals surface area contributed by atoms with E-state index in [1.165, 1.54) is 72.7 Å². The van der Waals surface area contributed by atoms with E-state index in [-0.39, 0.29) is 5.92 Å². The van der Waals surface area contributed by atoms with Crippen LogP contribution in [-0.2, 0) is 51.4 Å². The van der Waals surface area contributed by atoms with E-state index in [0.29, 0.717) is 0 Å². The lowest BCUT2D eigenvalue weighted by Crippen LogP contribution is -2.11. The third kappa shape index (κ3) is 3.50. The van der Waals surface area contributed by atoms with Crippen molar-refractivity contribution < 1.29 is 0 Å². The van der Waals surface area contributed by atoms with E-state index in [1.807, 2.05) is 0 Å². The molecule has 6 heteroatoms. The standard InChI is InChI=1S/C24H32N6/c1-2-8-17-16(7-1)25-22(26-17)13-15(24-29-20-11-5-6-12-21(20)30-24)14-23-27-18-9-3-4-10-19(18)28-23/h15H,1-14H2,(H,25,26)(H,27,28)(H,29,30). The van der Waals surface area contributed by atoms with Crippen molar-refractivity contribution in [3.63, 3.8) is 0 Å². The predicted molar refractivity (Wildman–Crippen MR) is 116 cm³/mol. The second-order valence-corrected chi connectivity index (χ2v) is 9.49. The van der Waals surface area contributed by atoms with Crippen molar-refractivity contribution in [1.82, 2.24) is 29.9 Å². The number of aromatic amines is 3. The van der Waals surface area contributed by atoms with E-state index in [9.17, 15) is 0 Å². The van der Waals surface area contributed by atoms with E-state index >= 15 is 0 Å². The summed E-state index contributed by atoms with van der Waals surface area (Å²) in [6.07, 6.45) is 16.2. The Bertz CT molecular complexity index is 912. The minimum atomic E-state index is 0.274. The molecule has 3 N–H and O–H groups in total. The van der Waals surface area contributed by atoms with Crippen LogP contribution >= 0.6 is 0 Å². The van der Waals surface area contributed by atoms with Crippen molar-refractivity contribution in [3.8, 4) is 0 Å². The summed E-state index contributed by atoms with van der Waals surface area (Å²) in [6.45, 7) is 0. The zero-order valence-corrected chi connectivity index (χ0v) is 17.8. The quantitative estimate of drug-likeness (QED) is 0.599. The Labute approximate surface area is 177 Å². The molecule has 0 radical (unpaired) electrons. The number of imidazole rings is 3. The average Bonchev–Trinajstić information content (AvgIpc) is 3.48. The fourth-order valence-corrected chi connectivity index (χ4v) is 5.62. The van der Waals surface area contributed by atoms with Gasteiger partial charge in [0, 0.05) is 35.8 Å². The lowest BCUT2D eigenvalue weighted by molar-refractivity contribution is 0.606. The Morgan fingerprint density at radius 2 is 0.967 bits per heavy atom. The Hall–Kier alpha value is -2.37. The van der Waals surface area contributed by atoms with Gasteiger partial charge in [-0.15, -0.1) is 0 Å². The number of fused-ring (bicyclic) bond motifs is 3. The molecular formula is C24H32N6. The fraction of sp³-hybridized carbons (Fsp3) is 0.625. The van der Waals surface area contributed by atoms with Crippen LogP contribution in [0.1, 0.15) is 96.1 Å². The highest BCUT2D eigenvalue weighted by Gasteiger charge is 2.25. The summed E-state index contributed by atoms with van der Waals surface area (Å²) in [6, 6.07) is 0. The molecule has 6 rings (SSSR count). The molecule has 0 aliphatic heterocycles. The van der Waals surface area contributed by atoms with E-state index in [4.69, 9.17) is 15.0 Å². The van der Waals surface area contributed by atoms with Gasteiger partial charge in [-0.05, 0) is 77.0 Å². The molecule has 3 heterocycles. The van der Waals surface area contributed by atoms with Gasteiger partial charge in [0.25, 0.3) is 0 Å². The number of aryl methyl sites for hydroxylation is 6. The van der Waals surface area contributed by atoms with E-state index in [2.05, 4.69) is 15.0 Å². The molecule has 0 saturated heterocycles. The summed E-state index contributed by atoms with van der Waals surface area (Å²) in [4.78, 5) is 26.0. The first-order valence-corrected chi connectivity index (χ1v) is 12.0. The maximum Gasteiger partial charge on any atom is 0.110 e. The van der Waals surface area contributed by atoms with Gasteiger partial charge < -0.3 is 15.0 Å². The average molecular weight is 405 g/mol. The van der Waals surface area contributed by atoms with Crippen molar-refractivity contribution in [2.24, 2.45) is 0 Å². The van der Waals surface area contributed by atoms with Crippen molar-refractivity contribution in [3.05, 3.63) is 51.6 Å². The van der Waals surface area contributed by atoms with Gasteiger partial charge in [0.2, 0.25) is 0 Å². The van der Waals surface area contributed by atoms with Crippen LogP contribution in [0.3, 0.4) is 0 Å². The second-order valence-electron chi connectivity index (χ2n) is 9.49. The SMILES string of the molecule is C1CCc2[nH]c(CC(Cc3nc4c([nH]3)CCCC4)c3nc4c([nH]3)CCCC4)nc2C1. The van der Waals surface area contributed by atoms with Crippen LogP contribution in [0.15, 0.2) is 0 Å². The molecule has 0 unspecified atom stereocenters. The first-order valence-electron chi connectivity index (χ1n) is 12.0. The molecule has 0 amide bonds. The van der Waals surface area contributed by atoms with Crippen LogP contribution in [0.25, 0.3) is 0 Å². The van der Waals surface area contributed by atoms with Crippen LogP contribution in [0.4, 0.5) is 0 Å². The predicted octanol–water partition coefficient (Wildman–Crippen LogP) is 4.06. The molecule has 0 spiro atoms. The lowest BCUT2D eigenvalue weighted by Gasteiger charge is -2.12. The van der Waals surface area contributed by atoms with Gasteiger partial charge in [-0.25, -0.2) is 15.0 Å². The van der Waals surface area contributed by atoms with Crippen LogP contribution in [0.5, 0.6) is 0 Å². The smallest absolute Gasteiger partial charge is 0.110 e. The molecule has 158 valence electrons. The summed E-state index contributed by atoms with van der Waals surface area (Å²) in [5.74, 6) is 3.65. The van der Waals surface area contributed by atoms with Crippen LogP contribution in [0.2, 0.25) is 0 Å². The minimum Gasteiger partial charge on any atom is -0.346 e.